The van der Waals surface area contributed by atoms with E-state index in [-0.39, 0.29) is 11.5 Å². The molecular weight excluding hydrogens is 342 g/mol. The Kier molecular flexibility index (Phi) is 4.51. The fourth-order valence-corrected chi connectivity index (χ4v) is 3.60. The maximum atomic E-state index is 12.7. The van der Waals surface area contributed by atoms with E-state index < -0.39 is 5.97 Å². The largest absolute Gasteiger partial charge is 0.478 e. The van der Waals surface area contributed by atoms with E-state index in [0.717, 1.165) is 11.3 Å². The van der Waals surface area contributed by atoms with Gasteiger partial charge in [-0.05, 0) is 42.8 Å². The highest BCUT2D eigenvalue weighted by Gasteiger charge is 2.33. The second kappa shape index (κ2) is 6.59. The Hall–Kier alpha value is -2.44. The van der Waals surface area contributed by atoms with Gasteiger partial charge in [0.05, 0.1) is 16.2 Å². The molecule has 0 radical (unpaired) electrons. The minimum atomic E-state index is -1.00. The number of benzene rings is 2. The van der Waals surface area contributed by atoms with Gasteiger partial charge >= 0.3 is 5.97 Å². The van der Waals surface area contributed by atoms with Crippen LogP contribution in [0, 0.1) is 6.92 Å². The maximum Gasteiger partial charge on any atom is 0.335 e. The van der Waals surface area contributed by atoms with E-state index in [9.17, 15) is 9.59 Å². The molecule has 0 atom stereocenters. The Balaban J connectivity index is 1.92. The van der Waals surface area contributed by atoms with Crippen molar-refractivity contribution >= 4 is 51.9 Å². The standard InChI is InChI=1S/C18H13NO3S2/c1-11-5-7-14(8-6-11)19-16(20)15(24-18(19)23)10-12-3-2-4-13(9-12)17(21)22/h2-10H,1H3,(H,21,22)/b15-10-. The monoisotopic (exact) mass is 355 g/mol. The number of rotatable bonds is 3. The number of anilines is 1. The van der Waals surface area contributed by atoms with Gasteiger partial charge in [0.25, 0.3) is 5.91 Å². The summed E-state index contributed by atoms with van der Waals surface area (Å²) in [6.07, 6.45) is 1.67. The fraction of sp³-hybridized carbons (Fsp3) is 0.0556. The van der Waals surface area contributed by atoms with Crippen LogP contribution in [0.4, 0.5) is 5.69 Å². The SMILES string of the molecule is Cc1ccc(N2C(=O)/C(=C/c3cccc(C(=O)O)c3)SC2=S)cc1. The average Bonchev–Trinajstić information content (AvgIpc) is 2.83. The van der Waals surface area contributed by atoms with E-state index in [1.54, 1.807) is 18.2 Å². The van der Waals surface area contributed by atoms with E-state index in [0.29, 0.717) is 14.8 Å². The first-order chi connectivity index (χ1) is 11.5. The summed E-state index contributed by atoms with van der Waals surface area (Å²) in [5.74, 6) is -1.20. The molecule has 2 aromatic rings. The van der Waals surface area contributed by atoms with Gasteiger partial charge in [0, 0.05) is 0 Å². The Morgan fingerprint density at radius 2 is 1.92 bits per heavy atom. The van der Waals surface area contributed by atoms with Gasteiger partial charge in [-0.25, -0.2) is 4.79 Å². The number of hydrogen-bond donors (Lipinski definition) is 1. The van der Waals surface area contributed by atoms with Gasteiger partial charge in [-0.2, -0.15) is 0 Å². The molecule has 1 aliphatic rings. The summed E-state index contributed by atoms with van der Waals surface area (Å²) >= 11 is 6.54. The molecule has 1 heterocycles. The van der Waals surface area contributed by atoms with Crippen LogP contribution in [0.3, 0.4) is 0 Å². The molecule has 1 saturated heterocycles. The lowest BCUT2D eigenvalue weighted by Crippen LogP contribution is -2.27. The van der Waals surface area contributed by atoms with Crippen LogP contribution in [0.25, 0.3) is 6.08 Å². The lowest BCUT2D eigenvalue weighted by atomic mass is 10.1. The fourth-order valence-electron chi connectivity index (χ4n) is 2.30. The second-order valence-corrected chi connectivity index (χ2v) is 6.96. The van der Waals surface area contributed by atoms with Crippen molar-refractivity contribution in [1.29, 1.82) is 0 Å². The zero-order valence-electron chi connectivity index (χ0n) is 12.7. The van der Waals surface area contributed by atoms with Gasteiger partial charge in [-0.3, -0.25) is 9.69 Å². The quantitative estimate of drug-likeness (QED) is 0.663. The molecule has 1 fully saturated rings. The molecule has 24 heavy (non-hydrogen) atoms. The molecule has 0 spiro atoms. The minimum absolute atomic E-state index is 0.178. The van der Waals surface area contributed by atoms with Crippen LogP contribution in [0.2, 0.25) is 0 Å². The van der Waals surface area contributed by atoms with Crippen molar-refractivity contribution in [3.63, 3.8) is 0 Å². The highest BCUT2D eigenvalue weighted by molar-refractivity contribution is 8.27. The van der Waals surface area contributed by atoms with Crippen molar-refractivity contribution in [2.45, 2.75) is 6.92 Å². The van der Waals surface area contributed by atoms with Crippen molar-refractivity contribution in [3.8, 4) is 0 Å². The van der Waals surface area contributed by atoms with E-state index in [1.165, 1.54) is 28.8 Å². The Bertz CT molecular complexity index is 872. The first kappa shape index (κ1) is 16.4. The first-order valence-corrected chi connectivity index (χ1v) is 8.36. The van der Waals surface area contributed by atoms with Crippen molar-refractivity contribution in [1.82, 2.24) is 0 Å². The van der Waals surface area contributed by atoms with E-state index in [4.69, 9.17) is 17.3 Å². The molecule has 0 unspecified atom stereocenters. The van der Waals surface area contributed by atoms with E-state index >= 15 is 0 Å². The van der Waals surface area contributed by atoms with E-state index in [2.05, 4.69) is 0 Å². The summed E-state index contributed by atoms with van der Waals surface area (Å²) in [5, 5.41) is 9.06. The topological polar surface area (TPSA) is 57.6 Å². The molecule has 3 rings (SSSR count). The number of aromatic carboxylic acids is 1. The van der Waals surface area contributed by atoms with Crippen LogP contribution in [-0.4, -0.2) is 21.3 Å². The maximum absolute atomic E-state index is 12.7. The van der Waals surface area contributed by atoms with Crippen LogP contribution in [-0.2, 0) is 4.79 Å². The molecule has 0 aliphatic carbocycles. The van der Waals surface area contributed by atoms with Crippen molar-refractivity contribution < 1.29 is 14.7 Å². The van der Waals surface area contributed by atoms with Crippen LogP contribution < -0.4 is 4.90 Å². The third-order valence-electron chi connectivity index (χ3n) is 3.52. The normalized spacial score (nSPS) is 16.0. The van der Waals surface area contributed by atoms with Gasteiger partial charge in [-0.1, -0.05) is 53.8 Å². The van der Waals surface area contributed by atoms with Crippen LogP contribution >= 0.6 is 24.0 Å². The smallest absolute Gasteiger partial charge is 0.335 e. The van der Waals surface area contributed by atoms with Crippen molar-refractivity contribution in [2.75, 3.05) is 4.90 Å². The molecule has 0 aromatic heterocycles. The zero-order chi connectivity index (χ0) is 17.3. The summed E-state index contributed by atoms with van der Waals surface area (Å²) in [7, 11) is 0. The zero-order valence-corrected chi connectivity index (χ0v) is 14.4. The van der Waals surface area contributed by atoms with Crippen molar-refractivity contribution in [3.05, 3.63) is 70.1 Å². The molecule has 6 heteroatoms. The third kappa shape index (κ3) is 3.25. The number of hydrogen-bond acceptors (Lipinski definition) is 4. The van der Waals surface area contributed by atoms with Gasteiger partial charge in [0.1, 0.15) is 0 Å². The lowest BCUT2D eigenvalue weighted by Gasteiger charge is -2.14. The number of thiocarbonyl (C=S) groups is 1. The predicted octanol–water partition coefficient (Wildman–Crippen LogP) is 4.10. The molecule has 2 aromatic carbocycles. The summed E-state index contributed by atoms with van der Waals surface area (Å²) in [4.78, 5) is 25.7. The number of carbonyl (C=O) groups excluding carboxylic acids is 1. The number of carbonyl (C=O) groups is 2. The molecule has 0 saturated carbocycles. The highest BCUT2D eigenvalue weighted by Crippen LogP contribution is 2.36. The van der Waals surface area contributed by atoms with Gasteiger partial charge in [-0.15, -0.1) is 0 Å². The number of carboxylic acid groups (broad SMARTS) is 1. The second-order valence-electron chi connectivity index (χ2n) is 5.28. The minimum Gasteiger partial charge on any atom is -0.478 e. The van der Waals surface area contributed by atoms with E-state index in [1.807, 2.05) is 31.2 Å². The summed E-state index contributed by atoms with van der Waals surface area (Å²) in [5.41, 5.74) is 2.66. The first-order valence-electron chi connectivity index (χ1n) is 7.14. The number of amides is 1. The van der Waals surface area contributed by atoms with Gasteiger partial charge in [0.15, 0.2) is 4.32 Å². The molecule has 4 nitrogen and oxygen atoms in total. The molecule has 0 bridgehead atoms. The Morgan fingerprint density at radius 3 is 2.58 bits per heavy atom. The van der Waals surface area contributed by atoms with Crippen LogP contribution in [0.15, 0.2) is 53.4 Å². The summed E-state index contributed by atoms with van der Waals surface area (Å²) in [6.45, 7) is 1.98. The lowest BCUT2D eigenvalue weighted by molar-refractivity contribution is -0.113. The van der Waals surface area contributed by atoms with Crippen LogP contribution in [0.5, 0.6) is 0 Å². The van der Waals surface area contributed by atoms with Gasteiger partial charge in [0.2, 0.25) is 0 Å². The molecule has 120 valence electrons. The molecular formula is C18H13NO3S2. The Labute approximate surface area is 148 Å². The molecule has 1 amide bonds. The number of aryl methyl sites for hydroxylation is 1. The van der Waals surface area contributed by atoms with Crippen LogP contribution in [0.1, 0.15) is 21.5 Å². The molecule has 1 N–H and O–H groups in total. The van der Waals surface area contributed by atoms with Crippen molar-refractivity contribution in [2.24, 2.45) is 0 Å². The number of nitrogens with zero attached hydrogens (tertiary/aromatic N) is 1. The number of carboxylic acids is 1. The Morgan fingerprint density at radius 1 is 1.21 bits per heavy atom. The average molecular weight is 355 g/mol. The summed E-state index contributed by atoms with van der Waals surface area (Å²) in [6, 6.07) is 14.0. The third-order valence-corrected chi connectivity index (χ3v) is 4.82. The molecule has 1 aliphatic heterocycles. The van der Waals surface area contributed by atoms with Gasteiger partial charge < -0.3 is 5.11 Å². The highest BCUT2D eigenvalue weighted by atomic mass is 32.2. The summed E-state index contributed by atoms with van der Waals surface area (Å²) < 4.78 is 0.462. The predicted molar refractivity (Wildman–Crippen MR) is 100 cm³/mol. The number of thioether (sulfide) groups is 1.